The molecule has 1 heteroatoms. The maximum atomic E-state index is 3.73. The van der Waals surface area contributed by atoms with Crippen molar-refractivity contribution in [2.24, 2.45) is 0 Å². The van der Waals surface area contributed by atoms with Crippen LogP contribution in [-0.4, -0.2) is 7.05 Å². The largest absolute Gasteiger partial charge is 0.352 e. The van der Waals surface area contributed by atoms with Crippen molar-refractivity contribution in [3.8, 4) is 0 Å². The second-order valence-corrected chi connectivity index (χ2v) is 3.56. The SMILES string of the molecule is C=CN(C)c1ccc(CCCC)cc1. The third-order valence-corrected chi connectivity index (χ3v) is 2.44. The normalized spacial score (nSPS) is 9.86. The lowest BCUT2D eigenvalue weighted by Crippen LogP contribution is -2.06. The molecule has 0 bridgehead atoms. The molecule has 0 amide bonds. The Labute approximate surface area is 87.1 Å². The molecule has 0 saturated carbocycles. The molecule has 14 heavy (non-hydrogen) atoms. The number of benzene rings is 1. The molecule has 0 saturated heterocycles. The number of aryl methyl sites for hydroxylation is 1. The van der Waals surface area contributed by atoms with E-state index in [1.165, 1.54) is 30.5 Å². The summed E-state index contributed by atoms with van der Waals surface area (Å²) in [6.07, 6.45) is 5.54. The van der Waals surface area contributed by atoms with Crippen molar-refractivity contribution in [1.82, 2.24) is 0 Å². The van der Waals surface area contributed by atoms with E-state index < -0.39 is 0 Å². The van der Waals surface area contributed by atoms with Crippen LogP contribution in [0.3, 0.4) is 0 Å². The standard InChI is InChI=1S/C13H19N/c1-4-6-7-12-8-10-13(11-9-12)14(3)5-2/h5,8-11H,2,4,6-7H2,1,3H3. The maximum absolute atomic E-state index is 3.73. The number of anilines is 1. The summed E-state index contributed by atoms with van der Waals surface area (Å²) < 4.78 is 0. The van der Waals surface area contributed by atoms with Gasteiger partial charge in [-0.3, -0.25) is 0 Å². The molecule has 0 aliphatic carbocycles. The predicted molar refractivity (Wildman–Crippen MR) is 63.7 cm³/mol. The molecule has 0 aromatic heterocycles. The molecule has 0 N–H and O–H groups in total. The molecule has 1 aromatic rings. The van der Waals surface area contributed by atoms with Crippen molar-refractivity contribution in [2.45, 2.75) is 26.2 Å². The van der Waals surface area contributed by atoms with Crippen LogP contribution in [0.2, 0.25) is 0 Å². The van der Waals surface area contributed by atoms with E-state index in [0.29, 0.717) is 0 Å². The van der Waals surface area contributed by atoms with Crippen LogP contribution in [0.1, 0.15) is 25.3 Å². The van der Waals surface area contributed by atoms with Crippen LogP contribution < -0.4 is 4.90 Å². The van der Waals surface area contributed by atoms with Crippen molar-refractivity contribution in [1.29, 1.82) is 0 Å². The van der Waals surface area contributed by atoms with Gasteiger partial charge in [0, 0.05) is 12.7 Å². The fourth-order valence-electron chi connectivity index (χ4n) is 1.38. The number of unbranched alkanes of at least 4 members (excludes halogenated alkanes) is 1. The lowest BCUT2D eigenvalue weighted by atomic mass is 10.1. The lowest BCUT2D eigenvalue weighted by molar-refractivity contribution is 0.795. The average Bonchev–Trinajstić information content (AvgIpc) is 2.26. The van der Waals surface area contributed by atoms with Gasteiger partial charge in [-0.15, -0.1) is 0 Å². The quantitative estimate of drug-likeness (QED) is 0.684. The van der Waals surface area contributed by atoms with Gasteiger partial charge in [0.15, 0.2) is 0 Å². The van der Waals surface area contributed by atoms with Gasteiger partial charge in [0.2, 0.25) is 0 Å². The summed E-state index contributed by atoms with van der Waals surface area (Å²) in [6, 6.07) is 8.69. The van der Waals surface area contributed by atoms with Gasteiger partial charge in [-0.2, -0.15) is 0 Å². The van der Waals surface area contributed by atoms with Crippen LogP contribution in [0.4, 0.5) is 5.69 Å². The monoisotopic (exact) mass is 189 g/mol. The van der Waals surface area contributed by atoms with E-state index in [4.69, 9.17) is 0 Å². The molecule has 0 spiro atoms. The van der Waals surface area contributed by atoms with Crippen molar-refractivity contribution in [2.75, 3.05) is 11.9 Å². The van der Waals surface area contributed by atoms with Gasteiger partial charge < -0.3 is 4.90 Å². The molecule has 0 fully saturated rings. The molecule has 0 radical (unpaired) electrons. The Bertz CT molecular complexity index is 274. The highest BCUT2D eigenvalue weighted by Gasteiger charge is 1.96. The Morgan fingerprint density at radius 2 is 1.93 bits per heavy atom. The highest BCUT2D eigenvalue weighted by atomic mass is 15.1. The molecule has 0 heterocycles. The first-order valence-electron chi connectivity index (χ1n) is 5.22. The second kappa shape index (κ2) is 5.48. The summed E-state index contributed by atoms with van der Waals surface area (Å²) in [5, 5.41) is 0. The Kier molecular flexibility index (Phi) is 4.24. The first-order valence-corrected chi connectivity index (χ1v) is 5.22. The molecule has 0 unspecified atom stereocenters. The molecular weight excluding hydrogens is 170 g/mol. The van der Waals surface area contributed by atoms with Crippen LogP contribution in [0.25, 0.3) is 0 Å². The fraction of sp³-hybridized carbons (Fsp3) is 0.385. The smallest absolute Gasteiger partial charge is 0.0403 e. The van der Waals surface area contributed by atoms with Crippen LogP contribution in [0, 0.1) is 0 Å². The first-order chi connectivity index (χ1) is 6.77. The van der Waals surface area contributed by atoms with Gasteiger partial charge in [0.25, 0.3) is 0 Å². The van der Waals surface area contributed by atoms with Gasteiger partial charge in [-0.1, -0.05) is 32.1 Å². The number of rotatable bonds is 5. The third kappa shape index (κ3) is 2.91. The Morgan fingerprint density at radius 3 is 2.43 bits per heavy atom. The molecular formula is C13H19N. The Balaban J connectivity index is 2.63. The Hall–Kier alpha value is -1.24. The molecule has 76 valence electrons. The van der Waals surface area contributed by atoms with Gasteiger partial charge in [-0.25, -0.2) is 0 Å². The molecule has 1 aromatic carbocycles. The van der Waals surface area contributed by atoms with Crippen LogP contribution >= 0.6 is 0 Å². The van der Waals surface area contributed by atoms with E-state index >= 15 is 0 Å². The van der Waals surface area contributed by atoms with E-state index in [1.54, 1.807) is 0 Å². The number of nitrogens with zero attached hydrogens (tertiary/aromatic N) is 1. The molecule has 0 aliphatic rings. The topological polar surface area (TPSA) is 3.24 Å². The summed E-state index contributed by atoms with van der Waals surface area (Å²) in [5.41, 5.74) is 2.62. The third-order valence-electron chi connectivity index (χ3n) is 2.44. The highest BCUT2D eigenvalue weighted by Crippen LogP contribution is 2.14. The van der Waals surface area contributed by atoms with E-state index in [9.17, 15) is 0 Å². The van der Waals surface area contributed by atoms with Gasteiger partial charge >= 0.3 is 0 Å². The Morgan fingerprint density at radius 1 is 1.29 bits per heavy atom. The fourth-order valence-corrected chi connectivity index (χ4v) is 1.38. The van der Waals surface area contributed by atoms with Crippen molar-refractivity contribution in [3.63, 3.8) is 0 Å². The lowest BCUT2D eigenvalue weighted by Gasteiger charge is -2.13. The summed E-state index contributed by atoms with van der Waals surface area (Å²) in [4.78, 5) is 2.02. The molecule has 1 rings (SSSR count). The first kappa shape index (κ1) is 10.8. The minimum atomic E-state index is 1.19. The van der Waals surface area contributed by atoms with E-state index in [1.807, 2.05) is 18.1 Å². The average molecular weight is 189 g/mol. The van der Waals surface area contributed by atoms with Crippen LogP contribution in [-0.2, 0) is 6.42 Å². The van der Waals surface area contributed by atoms with Crippen molar-refractivity contribution in [3.05, 3.63) is 42.6 Å². The highest BCUT2D eigenvalue weighted by molar-refractivity contribution is 5.48. The van der Waals surface area contributed by atoms with Gasteiger partial charge in [-0.05, 0) is 36.7 Å². The number of hydrogen-bond acceptors (Lipinski definition) is 1. The van der Waals surface area contributed by atoms with Crippen LogP contribution in [0.5, 0.6) is 0 Å². The zero-order chi connectivity index (χ0) is 10.4. The van der Waals surface area contributed by atoms with Crippen molar-refractivity contribution >= 4 is 5.69 Å². The van der Waals surface area contributed by atoms with E-state index in [2.05, 4.69) is 37.8 Å². The predicted octanol–water partition coefficient (Wildman–Crippen LogP) is 3.61. The summed E-state index contributed by atoms with van der Waals surface area (Å²) in [5.74, 6) is 0. The van der Waals surface area contributed by atoms with Gasteiger partial charge in [0.05, 0.1) is 0 Å². The van der Waals surface area contributed by atoms with Crippen molar-refractivity contribution < 1.29 is 0 Å². The van der Waals surface area contributed by atoms with Gasteiger partial charge in [0.1, 0.15) is 0 Å². The minimum absolute atomic E-state index is 1.19. The summed E-state index contributed by atoms with van der Waals surface area (Å²) in [6.45, 7) is 5.96. The summed E-state index contributed by atoms with van der Waals surface area (Å²) >= 11 is 0. The molecule has 1 nitrogen and oxygen atoms in total. The second-order valence-electron chi connectivity index (χ2n) is 3.56. The van der Waals surface area contributed by atoms with E-state index in [-0.39, 0.29) is 0 Å². The zero-order valence-electron chi connectivity index (χ0n) is 9.16. The minimum Gasteiger partial charge on any atom is -0.352 e. The van der Waals surface area contributed by atoms with E-state index in [0.717, 1.165) is 0 Å². The summed E-state index contributed by atoms with van der Waals surface area (Å²) in [7, 11) is 2.01. The zero-order valence-corrected chi connectivity index (χ0v) is 9.16. The molecule has 0 aliphatic heterocycles. The number of hydrogen-bond donors (Lipinski definition) is 0. The molecule has 0 atom stereocenters. The maximum Gasteiger partial charge on any atom is 0.0403 e. The van der Waals surface area contributed by atoms with Crippen LogP contribution in [0.15, 0.2) is 37.0 Å².